The lowest BCUT2D eigenvalue weighted by molar-refractivity contribution is 0.0344. The normalized spacial score (nSPS) is 13.5. The maximum Gasteiger partial charge on any atom is 0.251 e. The van der Waals surface area contributed by atoms with Crippen LogP contribution in [0.3, 0.4) is 0 Å². The number of hydrogen-bond donors (Lipinski definition) is 2. The molecule has 1 aromatic heterocycles. The Hall–Kier alpha value is -2.79. The molecule has 5 nitrogen and oxygen atoms in total. The number of rotatable bonds is 5. The fourth-order valence-corrected chi connectivity index (χ4v) is 2.43. The predicted octanol–water partition coefficient (Wildman–Crippen LogP) is 3.08. The first-order valence-electron chi connectivity index (χ1n) is 7.63. The molecule has 24 heavy (non-hydrogen) atoms. The molecular weight excluding hydrogens is 306 g/mol. The van der Waals surface area contributed by atoms with Crippen LogP contribution in [0, 0.1) is 0 Å². The van der Waals surface area contributed by atoms with Crippen LogP contribution in [0.25, 0.3) is 11.0 Å². The van der Waals surface area contributed by atoms with E-state index >= 15 is 0 Å². The molecule has 0 saturated carbocycles. The van der Waals surface area contributed by atoms with Gasteiger partial charge in [-0.25, -0.2) is 0 Å². The summed E-state index contributed by atoms with van der Waals surface area (Å²) < 4.78 is 10.7. The average molecular weight is 325 g/mol. The molecule has 1 unspecified atom stereocenters. The highest BCUT2D eigenvalue weighted by molar-refractivity contribution is 5.94. The van der Waals surface area contributed by atoms with E-state index in [-0.39, 0.29) is 12.5 Å². The summed E-state index contributed by atoms with van der Waals surface area (Å²) in [7, 11) is 1.57. The molecule has 1 amide bonds. The minimum atomic E-state index is -1.30. The van der Waals surface area contributed by atoms with E-state index in [2.05, 4.69) is 5.32 Å². The first-order chi connectivity index (χ1) is 11.5. The molecule has 5 heteroatoms. The lowest BCUT2D eigenvalue weighted by atomic mass is 10.0. The number of para-hydroxylation sites is 1. The van der Waals surface area contributed by atoms with Gasteiger partial charge in [0.25, 0.3) is 5.91 Å². The van der Waals surface area contributed by atoms with Crippen molar-refractivity contribution in [1.82, 2.24) is 5.32 Å². The zero-order valence-corrected chi connectivity index (χ0v) is 13.6. The topological polar surface area (TPSA) is 71.7 Å². The number of benzene rings is 2. The summed E-state index contributed by atoms with van der Waals surface area (Å²) in [5.74, 6) is 0.827. The van der Waals surface area contributed by atoms with Gasteiger partial charge in [0.15, 0.2) is 0 Å². The van der Waals surface area contributed by atoms with Crippen molar-refractivity contribution < 1.29 is 19.1 Å². The van der Waals surface area contributed by atoms with E-state index in [1.165, 1.54) is 0 Å². The summed E-state index contributed by atoms with van der Waals surface area (Å²) in [6.45, 7) is 1.65. The van der Waals surface area contributed by atoms with E-state index in [0.29, 0.717) is 22.7 Å². The molecule has 1 heterocycles. The fourth-order valence-electron chi connectivity index (χ4n) is 2.43. The number of hydrogen-bond acceptors (Lipinski definition) is 4. The van der Waals surface area contributed by atoms with Gasteiger partial charge in [0.1, 0.15) is 22.7 Å². The second-order valence-corrected chi connectivity index (χ2v) is 5.83. The van der Waals surface area contributed by atoms with E-state index in [1.54, 1.807) is 44.4 Å². The summed E-state index contributed by atoms with van der Waals surface area (Å²) in [6, 6.07) is 16.1. The monoisotopic (exact) mass is 325 g/mol. The van der Waals surface area contributed by atoms with Gasteiger partial charge in [-0.3, -0.25) is 4.79 Å². The van der Waals surface area contributed by atoms with Crippen LogP contribution in [0.1, 0.15) is 23.0 Å². The minimum Gasteiger partial charge on any atom is -0.497 e. The zero-order chi connectivity index (χ0) is 17.2. The molecule has 0 saturated heterocycles. The average Bonchev–Trinajstić information content (AvgIpc) is 3.05. The first kappa shape index (κ1) is 16.1. The molecule has 2 N–H and O–H groups in total. The van der Waals surface area contributed by atoms with Gasteiger partial charge in [0, 0.05) is 10.9 Å². The van der Waals surface area contributed by atoms with Crippen LogP contribution in [0.5, 0.6) is 5.75 Å². The molecule has 3 aromatic rings. The Morgan fingerprint density at radius 3 is 2.58 bits per heavy atom. The van der Waals surface area contributed by atoms with Crippen LogP contribution in [-0.4, -0.2) is 24.7 Å². The van der Waals surface area contributed by atoms with Crippen molar-refractivity contribution in [2.24, 2.45) is 0 Å². The lowest BCUT2D eigenvalue weighted by Gasteiger charge is -2.21. The molecule has 124 valence electrons. The summed E-state index contributed by atoms with van der Waals surface area (Å²) >= 11 is 0. The predicted molar refractivity (Wildman–Crippen MR) is 91.1 cm³/mol. The number of carbonyl (C=O) groups is 1. The largest absolute Gasteiger partial charge is 0.497 e. The Morgan fingerprint density at radius 1 is 1.21 bits per heavy atom. The van der Waals surface area contributed by atoms with E-state index in [1.807, 2.05) is 24.3 Å². The lowest BCUT2D eigenvalue weighted by Crippen LogP contribution is -2.38. The van der Waals surface area contributed by atoms with Gasteiger partial charge < -0.3 is 19.6 Å². The van der Waals surface area contributed by atoms with Gasteiger partial charge in [0.2, 0.25) is 0 Å². The van der Waals surface area contributed by atoms with Crippen molar-refractivity contribution >= 4 is 16.9 Å². The standard InChI is InChI=1S/C19H19NO4/c1-19(22,17-11-14-5-3-4-6-16(14)24-17)12-20-18(21)13-7-9-15(23-2)10-8-13/h3-11,22H,12H2,1-2H3,(H,20,21). The third-order valence-electron chi connectivity index (χ3n) is 3.90. The number of furan rings is 1. The zero-order valence-electron chi connectivity index (χ0n) is 13.6. The molecule has 0 aliphatic rings. The highest BCUT2D eigenvalue weighted by atomic mass is 16.5. The summed E-state index contributed by atoms with van der Waals surface area (Å²) in [5.41, 5.74) is -0.105. The molecule has 0 radical (unpaired) electrons. The number of fused-ring (bicyclic) bond motifs is 1. The Morgan fingerprint density at radius 2 is 1.92 bits per heavy atom. The van der Waals surface area contributed by atoms with Crippen molar-refractivity contribution in [3.8, 4) is 5.75 Å². The smallest absolute Gasteiger partial charge is 0.251 e. The van der Waals surface area contributed by atoms with Crippen molar-refractivity contribution in [1.29, 1.82) is 0 Å². The van der Waals surface area contributed by atoms with Crippen molar-refractivity contribution in [2.75, 3.05) is 13.7 Å². The molecule has 1 atom stereocenters. The summed E-state index contributed by atoms with van der Waals surface area (Å²) in [5, 5.41) is 14.3. The first-order valence-corrected chi connectivity index (χ1v) is 7.63. The van der Waals surface area contributed by atoms with Crippen molar-refractivity contribution in [3.63, 3.8) is 0 Å². The highest BCUT2D eigenvalue weighted by Crippen LogP contribution is 2.27. The van der Waals surface area contributed by atoms with Crippen molar-refractivity contribution in [3.05, 3.63) is 65.9 Å². The van der Waals surface area contributed by atoms with Gasteiger partial charge in [-0.05, 0) is 43.3 Å². The maximum absolute atomic E-state index is 12.2. The number of aliphatic hydroxyl groups is 1. The van der Waals surface area contributed by atoms with Crippen LogP contribution < -0.4 is 10.1 Å². The quantitative estimate of drug-likeness (QED) is 0.756. The molecule has 0 spiro atoms. The van der Waals surface area contributed by atoms with Crippen LogP contribution in [0.2, 0.25) is 0 Å². The van der Waals surface area contributed by atoms with E-state index in [0.717, 1.165) is 5.39 Å². The summed E-state index contributed by atoms with van der Waals surface area (Å²) in [4.78, 5) is 12.2. The van der Waals surface area contributed by atoms with Crippen LogP contribution >= 0.6 is 0 Å². The van der Waals surface area contributed by atoms with Gasteiger partial charge in [0.05, 0.1) is 13.7 Å². The summed E-state index contributed by atoms with van der Waals surface area (Å²) in [6.07, 6.45) is 0. The molecule has 0 aliphatic carbocycles. The van der Waals surface area contributed by atoms with Crippen molar-refractivity contribution in [2.45, 2.75) is 12.5 Å². The van der Waals surface area contributed by atoms with E-state index in [4.69, 9.17) is 9.15 Å². The Labute approximate surface area is 139 Å². The number of methoxy groups -OCH3 is 1. The van der Waals surface area contributed by atoms with Crippen LogP contribution in [-0.2, 0) is 5.60 Å². The molecule has 0 bridgehead atoms. The molecule has 0 aliphatic heterocycles. The van der Waals surface area contributed by atoms with Gasteiger partial charge in [-0.1, -0.05) is 18.2 Å². The molecule has 2 aromatic carbocycles. The Bertz CT molecular complexity index is 816. The SMILES string of the molecule is COc1ccc(C(=O)NCC(C)(O)c2cc3ccccc3o2)cc1. The molecule has 3 rings (SSSR count). The third-order valence-corrected chi connectivity index (χ3v) is 3.90. The molecule has 0 fully saturated rings. The number of carbonyl (C=O) groups excluding carboxylic acids is 1. The number of nitrogens with one attached hydrogen (secondary N) is 1. The van der Waals surface area contributed by atoms with E-state index in [9.17, 15) is 9.90 Å². The van der Waals surface area contributed by atoms with Gasteiger partial charge >= 0.3 is 0 Å². The third kappa shape index (κ3) is 3.26. The number of amides is 1. The van der Waals surface area contributed by atoms with Gasteiger partial charge in [-0.2, -0.15) is 0 Å². The van der Waals surface area contributed by atoms with Crippen LogP contribution in [0.4, 0.5) is 0 Å². The van der Waals surface area contributed by atoms with E-state index < -0.39 is 5.60 Å². The highest BCUT2D eigenvalue weighted by Gasteiger charge is 2.28. The van der Waals surface area contributed by atoms with Crippen LogP contribution in [0.15, 0.2) is 59.0 Å². The molecular formula is C19H19NO4. The van der Waals surface area contributed by atoms with Gasteiger partial charge in [-0.15, -0.1) is 0 Å². The second-order valence-electron chi connectivity index (χ2n) is 5.83. The maximum atomic E-state index is 12.2. The Balaban J connectivity index is 1.70. The minimum absolute atomic E-state index is 0.0394. The number of ether oxygens (including phenoxy) is 1. The fraction of sp³-hybridized carbons (Fsp3) is 0.211. The second kappa shape index (κ2) is 6.37. The Kier molecular flexibility index (Phi) is 4.27.